The molecule has 2 nitrogen and oxygen atoms in total. The number of hydrazine groups is 1. The van der Waals surface area contributed by atoms with Gasteiger partial charge in [-0.1, -0.05) is 18.2 Å². The molecule has 2 N–H and O–H groups in total. The summed E-state index contributed by atoms with van der Waals surface area (Å²) < 4.78 is 0. The van der Waals surface area contributed by atoms with Crippen LogP contribution in [-0.2, 0) is 6.42 Å². The molecule has 0 unspecified atom stereocenters. The quantitative estimate of drug-likeness (QED) is 0.618. The Morgan fingerprint density at radius 2 is 2.00 bits per heavy atom. The van der Waals surface area contributed by atoms with Gasteiger partial charge in [0.15, 0.2) is 0 Å². The molecule has 1 aliphatic rings. The summed E-state index contributed by atoms with van der Waals surface area (Å²) in [4.78, 5) is 0. The van der Waals surface area contributed by atoms with Crippen LogP contribution < -0.4 is 10.9 Å². The number of hydrogen-bond acceptors (Lipinski definition) is 2. The summed E-state index contributed by atoms with van der Waals surface area (Å²) in [5, 5.41) is 0. The Kier molecular flexibility index (Phi) is 2.74. The molecule has 0 amide bonds. The number of hydrogen-bond donors (Lipinski definition) is 2. The van der Waals surface area contributed by atoms with Crippen LogP contribution in [0, 0.1) is 0 Å². The lowest BCUT2D eigenvalue weighted by Gasteiger charge is -2.17. The summed E-state index contributed by atoms with van der Waals surface area (Å²) >= 11 is 0. The molecule has 0 atom stereocenters. The Labute approximate surface area is 72.4 Å². The molecule has 0 radical (unpaired) electrons. The highest BCUT2D eigenvalue weighted by atomic mass is 35.5. The molecule has 2 rings (SSSR count). The van der Waals surface area contributed by atoms with Gasteiger partial charge in [-0.2, -0.15) is 0 Å². The standard InChI is InChI=1S/C8H10N2.ClH/c1-2-4-8-7(3-1)5-6-9-10-8;/h1-4,9-10H,5-6H2;1H. The number of rotatable bonds is 0. The Hall–Kier alpha value is -0.730. The van der Waals surface area contributed by atoms with Gasteiger partial charge in [-0.15, -0.1) is 12.4 Å². The van der Waals surface area contributed by atoms with Crippen molar-refractivity contribution in [3.8, 4) is 0 Å². The maximum atomic E-state index is 3.11. The minimum absolute atomic E-state index is 0. The molecule has 1 aromatic rings. The lowest BCUT2D eigenvalue weighted by molar-refractivity contribution is 0.747. The molecular formula is C8H11ClN2. The first-order chi connectivity index (χ1) is 4.97. The second-order valence-electron chi connectivity index (χ2n) is 2.46. The number of nitrogens with one attached hydrogen (secondary N) is 2. The number of fused-ring (bicyclic) bond motifs is 1. The van der Waals surface area contributed by atoms with Gasteiger partial charge in [-0.05, 0) is 18.1 Å². The van der Waals surface area contributed by atoms with Gasteiger partial charge in [0.05, 0.1) is 5.69 Å². The zero-order chi connectivity index (χ0) is 6.81. The first-order valence-corrected chi connectivity index (χ1v) is 3.53. The molecule has 0 saturated heterocycles. The minimum atomic E-state index is 0. The van der Waals surface area contributed by atoms with E-state index in [2.05, 4.69) is 29.1 Å². The normalized spacial score (nSPS) is 14.2. The van der Waals surface area contributed by atoms with Gasteiger partial charge in [-0.25, -0.2) is 5.43 Å². The predicted octanol–water partition coefficient (Wildman–Crippen LogP) is 1.58. The average molecular weight is 171 g/mol. The third kappa shape index (κ3) is 1.64. The molecule has 0 saturated carbocycles. The van der Waals surface area contributed by atoms with Crippen LogP contribution in [-0.4, -0.2) is 6.54 Å². The molecule has 1 heterocycles. The fraction of sp³-hybridized carbons (Fsp3) is 0.250. The van der Waals surface area contributed by atoms with E-state index in [1.165, 1.54) is 11.3 Å². The highest BCUT2D eigenvalue weighted by Gasteiger charge is 2.04. The van der Waals surface area contributed by atoms with Crippen LogP contribution in [0.25, 0.3) is 0 Å². The summed E-state index contributed by atoms with van der Waals surface area (Å²) in [7, 11) is 0. The monoisotopic (exact) mass is 170 g/mol. The topological polar surface area (TPSA) is 24.1 Å². The van der Waals surface area contributed by atoms with Crippen LogP contribution in [0.4, 0.5) is 5.69 Å². The number of benzene rings is 1. The molecule has 0 aromatic heterocycles. The lowest BCUT2D eigenvalue weighted by Crippen LogP contribution is -2.29. The Morgan fingerprint density at radius 3 is 2.82 bits per heavy atom. The van der Waals surface area contributed by atoms with E-state index in [9.17, 15) is 0 Å². The Morgan fingerprint density at radius 1 is 1.18 bits per heavy atom. The van der Waals surface area contributed by atoms with Crippen molar-refractivity contribution < 1.29 is 0 Å². The Bertz CT molecular complexity index is 212. The maximum Gasteiger partial charge on any atom is 0.0520 e. The SMILES string of the molecule is Cl.c1ccc2c(c1)CCNN2. The van der Waals surface area contributed by atoms with E-state index < -0.39 is 0 Å². The fourth-order valence-corrected chi connectivity index (χ4v) is 1.22. The smallest absolute Gasteiger partial charge is 0.0520 e. The fourth-order valence-electron chi connectivity index (χ4n) is 1.22. The Balaban J connectivity index is 0.000000605. The molecule has 1 aromatic carbocycles. The second kappa shape index (κ2) is 3.60. The van der Waals surface area contributed by atoms with Crippen molar-refractivity contribution in [3.63, 3.8) is 0 Å². The molecule has 60 valence electrons. The summed E-state index contributed by atoms with van der Waals surface area (Å²) in [5.74, 6) is 0. The molecule has 11 heavy (non-hydrogen) atoms. The van der Waals surface area contributed by atoms with Crippen molar-refractivity contribution in [3.05, 3.63) is 29.8 Å². The van der Waals surface area contributed by atoms with Crippen LogP contribution in [0.3, 0.4) is 0 Å². The third-order valence-corrected chi connectivity index (χ3v) is 1.76. The maximum absolute atomic E-state index is 3.11. The molecular weight excluding hydrogens is 160 g/mol. The van der Waals surface area contributed by atoms with E-state index in [0.29, 0.717) is 0 Å². The van der Waals surface area contributed by atoms with Gasteiger partial charge in [0.2, 0.25) is 0 Å². The summed E-state index contributed by atoms with van der Waals surface area (Å²) in [6.45, 7) is 1.02. The summed E-state index contributed by atoms with van der Waals surface area (Å²) in [5.41, 5.74) is 8.82. The largest absolute Gasteiger partial charge is 0.321 e. The van der Waals surface area contributed by atoms with Crippen LogP contribution >= 0.6 is 12.4 Å². The van der Waals surface area contributed by atoms with Crippen molar-refractivity contribution in [2.75, 3.05) is 12.0 Å². The van der Waals surface area contributed by atoms with Gasteiger partial charge in [-0.3, -0.25) is 0 Å². The van der Waals surface area contributed by atoms with Gasteiger partial charge in [0.25, 0.3) is 0 Å². The van der Waals surface area contributed by atoms with E-state index in [1.807, 2.05) is 6.07 Å². The van der Waals surface area contributed by atoms with E-state index >= 15 is 0 Å². The summed E-state index contributed by atoms with van der Waals surface area (Å²) in [6.07, 6.45) is 1.13. The zero-order valence-electron chi connectivity index (χ0n) is 6.13. The van der Waals surface area contributed by atoms with Gasteiger partial charge >= 0.3 is 0 Å². The molecule has 3 heteroatoms. The van der Waals surface area contributed by atoms with Crippen LogP contribution in [0.15, 0.2) is 24.3 Å². The lowest BCUT2D eigenvalue weighted by atomic mass is 10.1. The van der Waals surface area contributed by atoms with Crippen LogP contribution in [0.1, 0.15) is 5.56 Å². The van der Waals surface area contributed by atoms with E-state index in [1.54, 1.807) is 0 Å². The molecule has 1 aliphatic heterocycles. The number of halogens is 1. The third-order valence-electron chi connectivity index (χ3n) is 1.76. The van der Waals surface area contributed by atoms with E-state index in [-0.39, 0.29) is 12.4 Å². The zero-order valence-corrected chi connectivity index (χ0v) is 6.95. The second-order valence-corrected chi connectivity index (χ2v) is 2.46. The van der Waals surface area contributed by atoms with Crippen LogP contribution in [0.2, 0.25) is 0 Å². The van der Waals surface area contributed by atoms with Crippen LogP contribution in [0.5, 0.6) is 0 Å². The minimum Gasteiger partial charge on any atom is -0.321 e. The molecule has 0 spiro atoms. The number of anilines is 1. The van der Waals surface area contributed by atoms with E-state index in [4.69, 9.17) is 0 Å². The molecule has 0 bridgehead atoms. The van der Waals surface area contributed by atoms with Crippen molar-refractivity contribution in [2.24, 2.45) is 0 Å². The summed E-state index contributed by atoms with van der Waals surface area (Å²) in [6, 6.07) is 8.36. The van der Waals surface area contributed by atoms with Gasteiger partial charge in [0.1, 0.15) is 0 Å². The number of para-hydroxylation sites is 1. The molecule has 0 fully saturated rings. The van der Waals surface area contributed by atoms with Gasteiger partial charge < -0.3 is 5.43 Å². The first-order valence-electron chi connectivity index (χ1n) is 3.53. The van der Waals surface area contributed by atoms with E-state index in [0.717, 1.165) is 13.0 Å². The average Bonchev–Trinajstić information content (AvgIpc) is 2.05. The molecule has 0 aliphatic carbocycles. The van der Waals surface area contributed by atoms with Crippen molar-refractivity contribution in [2.45, 2.75) is 6.42 Å². The van der Waals surface area contributed by atoms with Crippen molar-refractivity contribution in [1.29, 1.82) is 0 Å². The van der Waals surface area contributed by atoms with Gasteiger partial charge in [0, 0.05) is 6.54 Å². The van der Waals surface area contributed by atoms with Crippen molar-refractivity contribution >= 4 is 18.1 Å². The highest BCUT2D eigenvalue weighted by molar-refractivity contribution is 5.85. The van der Waals surface area contributed by atoms with Crippen molar-refractivity contribution in [1.82, 2.24) is 5.43 Å². The highest BCUT2D eigenvalue weighted by Crippen LogP contribution is 2.16. The first kappa shape index (κ1) is 8.37. The predicted molar refractivity (Wildman–Crippen MR) is 49.0 cm³/mol.